The van der Waals surface area contributed by atoms with Crippen molar-refractivity contribution in [3.8, 4) is 0 Å². The third-order valence-corrected chi connectivity index (χ3v) is 10.6. The third-order valence-electron chi connectivity index (χ3n) is 10.6. The Morgan fingerprint density at radius 2 is 0.655 bits per heavy atom. The number of unbranched alkanes of at least 4 members (excludes halogenated alkanes) is 18. The molecule has 0 radical (unpaired) electrons. The second-order valence-electron chi connectivity index (χ2n) is 17.9. The summed E-state index contributed by atoms with van der Waals surface area (Å²) in [5.41, 5.74) is 4.09. The van der Waals surface area contributed by atoms with E-state index in [2.05, 4.69) is 110 Å². The summed E-state index contributed by atoms with van der Waals surface area (Å²) in [5.74, 6) is 2.60. The second kappa shape index (κ2) is 46.4. The molecular formula is C57H94Ti. The summed E-state index contributed by atoms with van der Waals surface area (Å²) < 4.78 is 0. The van der Waals surface area contributed by atoms with Crippen LogP contribution < -0.4 is 0 Å². The number of rotatable bonds is 30. The molecule has 0 aliphatic rings. The van der Waals surface area contributed by atoms with Gasteiger partial charge >= 0.3 is 21.7 Å². The van der Waals surface area contributed by atoms with Gasteiger partial charge in [-0.3, -0.25) is 0 Å². The van der Waals surface area contributed by atoms with Crippen molar-refractivity contribution in [2.24, 2.45) is 17.8 Å². The molecule has 0 saturated carbocycles. The van der Waals surface area contributed by atoms with Crippen molar-refractivity contribution in [1.29, 1.82) is 0 Å². The van der Waals surface area contributed by atoms with E-state index in [0.29, 0.717) is 0 Å². The van der Waals surface area contributed by atoms with Crippen molar-refractivity contribution < 1.29 is 21.7 Å². The quantitative estimate of drug-likeness (QED) is 0.0357. The van der Waals surface area contributed by atoms with Crippen LogP contribution in [0, 0.1) is 42.9 Å². The molecule has 0 heterocycles. The fourth-order valence-electron chi connectivity index (χ4n) is 6.91. The van der Waals surface area contributed by atoms with Crippen LogP contribution in [-0.2, 0) is 41.0 Å². The molecule has 3 rings (SSSR count). The van der Waals surface area contributed by atoms with Gasteiger partial charge in [-0.1, -0.05) is 222 Å². The first kappa shape index (κ1) is 58.5. The maximum atomic E-state index is 3.84. The molecule has 0 spiro atoms. The maximum Gasteiger partial charge on any atom is 4.00 e. The Bertz CT molecular complexity index is 994. The van der Waals surface area contributed by atoms with E-state index in [-0.39, 0.29) is 21.7 Å². The number of hydrogen-bond donors (Lipinski definition) is 0. The average Bonchev–Trinajstić information content (AvgIpc) is 3.21. The van der Waals surface area contributed by atoms with E-state index < -0.39 is 0 Å². The van der Waals surface area contributed by atoms with E-state index in [4.69, 9.17) is 0 Å². The molecule has 0 amide bonds. The molecule has 58 heavy (non-hydrogen) atoms. The van der Waals surface area contributed by atoms with Gasteiger partial charge < -0.3 is 6.92 Å². The van der Waals surface area contributed by atoms with Gasteiger partial charge in [-0.05, 0) is 17.8 Å². The van der Waals surface area contributed by atoms with Crippen LogP contribution in [0.15, 0.2) is 72.8 Å². The fourth-order valence-corrected chi connectivity index (χ4v) is 6.91. The second-order valence-corrected chi connectivity index (χ2v) is 17.9. The van der Waals surface area contributed by atoms with Crippen LogP contribution in [-0.4, -0.2) is 0 Å². The number of aryl methyl sites for hydroxylation is 3. The molecular weight excluding hydrogens is 732 g/mol. The molecule has 0 nitrogen and oxygen atoms in total. The summed E-state index contributed by atoms with van der Waals surface area (Å²) in [7, 11) is 0. The Kier molecular flexibility index (Phi) is 46.8. The fraction of sp³-hybridized carbons (Fsp3) is 0.667. The molecule has 0 aliphatic carbocycles. The standard InChI is InChI=1S/3C15H23.C12H25.Ti/c3*1-14(2)10-6-3-4-7-11-15-12-8-5-9-13-15;1-3-5-7-9-11-12-10-8-6-4-2;/h3*5,8-9,12,14H,3-4,6-7,10-11H2,1-2H3;1,3-12H2,2H3;/q4*-1;+4. The summed E-state index contributed by atoms with van der Waals surface area (Å²) in [6.45, 7) is 19.9. The van der Waals surface area contributed by atoms with Crippen LogP contribution in [0.4, 0.5) is 0 Å². The predicted octanol–water partition coefficient (Wildman–Crippen LogP) is 18.6. The van der Waals surface area contributed by atoms with E-state index in [9.17, 15) is 0 Å². The molecule has 0 N–H and O–H groups in total. The summed E-state index contributed by atoms with van der Waals surface area (Å²) in [5, 5.41) is 0. The molecule has 3 aromatic rings. The topological polar surface area (TPSA) is 0 Å². The molecule has 1 heteroatoms. The normalized spacial score (nSPS) is 10.6. The molecule has 3 aromatic carbocycles. The van der Waals surface area contributed by atoms with Crippen molar-refractivity contribution in [3.05, 3.63) is 115 Å². The summed E-state index contributed by atoms with van der Waals surface area (Å²) in [6, 6.07) is 34.8. The molecule has 0 saturated heterocycles. The zero-order valence-corrected chi connectivity index (χ0v) is 41.2. The zero-order valence-electron chi connectivity index (χ0n) is 39.7. The van der Waals surface area contributed by atoms with Gasteiger partial charge in [-0.2, -0.15) is 114 Å². The van der Waals surface area contributed by atoms with E-state index in [1.54, 1.807) is 0 Å². The van der Waals surface area contributed by atoms with Gasteiger partial charge in [0.25, 0.3) is 0 Å². The minimum absolute atomic E-state index is 0. The molecule has 0 unspecified atom stereocenters. The smallest absolute Gasteiger partial charge is 0.343 e. The van der Waals surface area contributed by atoms with Crippen molar-refractivity contribution in [2.75, 3.05) is 0 Å². The summed E-state index contributed by atoms with van der Waals surface area (Å²) in [6.07, 6.45) is 38.1. The van der Waals surface area contributed by atoms with Crippen molar-refractivity contribution >= 4 is 0 Å². The van der Waals surface area contributed by atoms with Gasteiger partial charge in [0.05, 0.1) is 0 Å². The van der Waals surface area contributed by atoms with Gasteiger partial charge in [0.2, 0.25) is 0 Å². The minimum atomic E-state index is 0. The van der Waals surface area contributed by atoms with Gasteiger partial charge in [0.15, 0.2) is 0 Å². The van der Waals surface area contributed by atoms with E-state index >= 15 is 0 Å². The maximum absolute atomic E-state index is 3.84. The van der Waals surface area contributed by atoms with Gasteiger partial charge in [0.1, 0.15) is 0 Å². The third kappa shape index (κ3) is 45.5. The average molecular weight is 827 g/mol. The van der Waals surface area contributed by atoms with Crippen LogP contribution in [0.3, 0.4) is 0 Å². The Morgan fingerprint density at radius 1 is 0.379 bits per heavy atom. The first-order chi connectivity index (χ1) is 27.8. The predicted molar refractivity (Wildman–Crippen MR) is 258 cm³/mol. The van der Waals surface area contributed by atoms with Crippen molar-refractivity contribution in [3.63, 3.8) is 0 Å². The Balaban J connectivity index is 0. The van der Waals surface area contributed by atoms with Crippen LogP contribution in [0.5, 0.6) is 0 Å². The van der Waals surface area contributed by atoms with Crippen LogP contribution in [0.1, 0.15) is 226 Å². The van der Waals surface area contributed by atoms with Gasteiger partial charge in [-0.25, -0.2) is 0 Å². The molecule has 0 bridgehead atoms. The molecule has 0 atom stereocenters. The molecule has 0 fully saturated rings. The van der Waals surface area contributed by atoms with Crippen LogP contribution in [0.2, 0.25) is 0 Å². The zero-order chi connectivity index (χ0) is 41.9. The van der Waals surface area contributed by atoms with Crippen molar-refractivity contribution in [1.82, 2.24) is 0 Å². The largest absolute Gasteiger partial charge is 4.00 e. The van der Waals surface area contributed by atoms with E-state index in [1.165, 1.54) is 190 Å². The first-order valence-electron chi connectivity index (χ1n) is 24.4. The van der Waals surface area contributed by atoms with Crippen LogP contribution in [0.25, 0.3) is 0 Å². The van der Waals surface area contributed by atoms with Crippen LogP contribution >= 0.6 is 0 Å². The number of benzene rings is 3. The van der Waals surface area contributed by atoms with E-state index in [1.807, 2.05) is 36.4 Å². The van der Waals surface area contributed by atoms with Crippen molar-refractivity contribution in [2.45, 2.75) is 228 Å². The Hall–Kier alpha value is -1.63. The molecule has 0 aromatic heterocycles. The molecule has 326 valence electrons. The Labute approximate surface area is 380 Å². The Morgan fingerprint density at radius 3 is 0.914 bits per heavy atom. The first-order valence-corrected chi connectivity index (χ1v) is 24.4. The van der Waals surface area contributed by atoms with Gasteiger partial charge in [0, 0.05) is 0 Å². The monoisotopic (exact) mass is 827 g/mol. The number of hydrogen-bond acceptors (Lipinski definition) is 0. The summed E-state index contributed by atoms with van der Waals surface area (Å²) >= 11 is 0. The van der Waals surface area contributed by atoms with E-state index in [0.717, 1.165) is 24.2 Å². The van der Waals surface area contributed by atoms with Gasteiger partial charge in [-0.15, -0.1) is 0 Å². The minimum Gasteiger partial charge on any atom is -0.343 e. The molecule has 0 aliphatic heterocycles. The summed E-state index contributed by atoms with van der Waals surface area (Å²) in [4.78, 5) is 0. The SMILES string of the molecule is CC(C)CCCCCCc1[c-]cccc1.CC(C)CCCCCCc1[c-]cccc1.CC(C)CCCCCCc1[c-]cccc1.[CH2-]CCCCCCCCCCC.[Ti+4].